The predicted molar refractivity (Wildman–Crippen MR) is 76.4 cm³/mol. The van der Waals surface area contributed by atoms with Crippen LogP contribution in [0, 0.1) is 0 Å². The van der Waals surface area contributed by atoms with Gasteiger partial charge < -0.3 is 8.85 Å². The van der Waals surface area contributed by atoms with Crippen LogP contribution in [0.25, 0.3) is 0 Å². The van der Waals surface area contributed by atoms with Crippen LogP contribution in [0.15, 0.2) is 0 Å². The molecule has 3 heteroatoms. The fourth-order valence-electron chi connectivity index (χ4n) is 2.04. The number of hydrogen-bond donors (Lipinski definition) is 0. The van der Waals surface area contributed by atoms with Gasteiger partial charge in [0.25, 0.3) is 0 Å². The zero-order valence-electron chi connectivity index (χ0n) is 12.1. The van der Waals surface area contributed by atoms with Gasteiger partial charge in [-0.15, -0.1) is 0 Å². The molecule has 0 fully saturated rings. The summed E-state index contributed by atoms with van der Waals surface area (Å²) in [5.74, 6) is 0. The summed E-state index contributed by atoms with van der Waals surface area (Å²) in [6, 6.07) is 1.13. The average Bonchev–Trinajstić information content (AvgIpc) is 2.36. The molecule has 0 aromatic heterocycles. The molecule has 0 rings (SSSR count). The van der Waals surface area contributed by atoms with Crippen molar-refractivity contribution in [2.75, 3.05) is 14.2 Å². The molecule has 0 aliphatic rings. The molecule has 0 saturated carbocycles. The Morgan fingerprint density at radius 3 is 1.47 bits per heavy atom. The maximum absolute atomic E-state index is 5.26. The molecule has 0 amide bonds. The van der Waals surface area contributed by atoms with Crippen molar-refractivity contribution in [2.45, 2.75) is 77.2 Å². The first kappa shape index (κ1) is 17.1. The van der Waals surface area contributed by atoms with Crippen LogP contribution < -0.4 is 0 Å². The van der Waals surface area contributed by atoms with Crippen LogP contribution in [-0.2, 0) is 8.85 Å². The van der Waals surface area contributed by atoms with Gasteiger partial charge in [-0.05, 0) is 6.04 Å². The molecule has 103 valence electrons. The average molecular weight is 259 g/mol. The van der Waals surface area contributed by atoms with Crippen molar-refractivity contribution in [3.8, 4) is 0 Å². The second-order valence-corrected chi connectivity index (χ2v) is 6.77. The second kappa shape index (κ2) is 14.2. The largest absolute Gasteiger partial charge is 0.397 e. The standard InChI is InChI=1S/C14H31O2Si/c1-4-5-6-7-8-9-10-11-12-13-14-17(15-2)16-3/h4-14H2,1-3H3. The molecule has 0 aliphatic heterocycles. The van der Waals surface area contributed by atoms with Crippen LogP contribution >= 0.6 is 0 Å². The molecule has 0 spiro atoms. The molecule has 1 radical (unpaired) electrons. The fourth-order valence-corrected chi connectivity index (χ4v) is 3.16. The summed E-state index contributed by atoms with van der Waals surface area (Å²) >= 11 is 0. The van der Waals surface area contributed by atoms with Gasteiger partial charge in [-0.3, -0.25) is 0 Å². The van der Waals surface area contributed by atoms with E-state index in [4.69, 9.17) is 8.85 Å². The van der Waals surface area contributed by atoms with Gasteiger partial charge in [-0.2, -0.15) is 0 Å². The van der Waals surface area contributed by atoms with E-state index in [9.17, 15) is 0 Å². The summed E-state index contributed by atoms with van der Waals surface area (Å²) < 4.78 is 10.5. The molecule has 0 aliphatic carbocycles. The summed E-state index contributed by atoms with van der Waals surface area (Å²) in [7, 11) is 2.59. The first-order valence-corrected chi connectivity index (χ1v) is 8.81. The van der Waals surface area contributed by atoms with Crippen molar-refractivity contribution < 1.29 is 8.85 Å². The van der Waals surface area contributed by atoms with Crippen molar-refractivity contribution in [2.24, 2.45) is 0 Å². The third-order valence-electron chi connectivity index (χ3n) is 3.19. The van der Waals surface area contributed by atoms with Crippen LogP contribution in [0.3, 0.4) is 0 Å². The highest BCUT2D eigenvalue weighted by Gasteiger charge is 2.10. The third kappa shape index (κ3) is 12.4. The predicted octanol–water partition coefficient (Wildman–Crippen LogP) is 4.69. The third-order valence-corrected chi connectivity index (χ3v) is 4.86. The number of hydrogen-bond acceptors (Lipinski definition) is 2. The van der Waals surface area contributed by atoms with Crippen LogP contribution in [0.2, 0.25) is 6.04 Å². The van der Waals surface area contributed by atoms with Crippen LogP contribution in [0.1, 0.15) is 71.1 Å². The van der Waals surface area contributed by atoms with Gasteiger partial charge in [0, 0.05) is 14.2 Å². The van der Waals surface area contributed by atoms with Gasteiger partial charge in [-0.1, -0.05) is 71.1 Å². The van der Waals surface area contributed by atoms with Gasteiger partial charge in [0.2, 0.25) is 0 Å². The lowest BCUT2D eigenvalue weighted by Gasteiger charge is -2.08. The lowest BCUT2D eigenvalue weighted by Crippen LogP contribution is -2.18. The van der Waals surface area contributed by atoms with Gasteiger partial charge in [0.05, 0.1) is 0 Å². The van der Waals surface area contributed by atoms with Crippen molar-refractivity contribution in [1.29, 1.82) is 0 Å². The highest BCUT2D eigenvalue weighted by atomic mass is 28.3. The van der Waals surface area contributed by atoms with Gasteiger partial charge in [0.15, 0.2) is 0 Å². The molecule has 2 nitrogen and oxygen atoms in total. The molecule has 17 heavy (non-hydrogen) atoms. The topological polar surface area (TPSA) is 18.5 Å². The van der Waals surface area contributed by atoms with E-state index in [1.165, 1.54) is 64.2 Å². The minimum absolute atomic E-state index is 0.930. The van der Waals surface area contributed by atoms with E-state index in [1.54, 1.807) is 14.2 Å². The number of rotatable bonds is 13. The second-order valence-electron chi connectivity index (χ2n) is 4.71. The van der Waals surface area contributed by atoms with Crippen LogP contribution in [-0.4, -0.2) is 23.5 Å². The van der Waals surface area contributed by atoms with E-state index in [2.05, 4.69) is 6.92 Å². The van der Waals surface area contributed by atoms with Crippen molar-refractivity contribution in [3.63, 3.8) is 0 Å². The van der Waals surface area contributed by atoms with E-state index < -0.39 is 9.28 Å². The Kier molecular flexibility index (Phi) is 14.3. The summed E-state index contributed by atoms with van der Waals surface area (Å²) in [4.78, 5) is 0. The molecule has 0 aromatic carbocycles. The Bertz CT molecular complexity index is 138. The molecule has 0 atom stereocenters. The molecule has 0 unspecified atom stereocenters. The maximum atomic E-state index is 5.26. The minimum Gasteiger partial charge on any atom is -0.397 e. The normalized spacial score (nSPS) is 11.3. The smallest absolute Gasteiger partial charge is 0.384 e. The molecule has 0 bridgehead atoms. The van der Waals surface area contributed by atoms with E-state index in [1.807, 2.05) is 0 Å². The van der Waals surface area contributed by atoms with Crippen LogP contribution in [0.5, 0.6) is 0 Å². The SMILES string of the molecule is CCCCCCCCCCCC[Si](OC)OC. The molecule has 0 heterocycles. The van der Waals surface area contributed by atoms with Gasteiger partial charge in [0.1, 0.15) is 0 Å². The first-order chi connectivity index (χ1) is 8.35. The Balaban J connectivity index is 3.03. The van der Waals surface area contributed by atoms with E-state index >= 15 is 0 Å². The Morgan fingerprint density at radius 1 is 0.647 bits per heavy atom. The molecule has 0 saturated heterocycles. The van der Waals surface area contributed by atoms with Crippen molar-refractivity contribution >= 4 is 9.28 Å². The lowest BCUT2D eigenvalue weighted by atomic mass is 10.1. The summed E-state index contributed by atoms with van der Waals surface area (Å²) in [5, 5.41) is 0. The summed E-state index contributed by atoms with van der Waals surface area (Å²) in [6.45, 7) is 2.27. The minimum atomic E-state index is -0.930. The van der Waals surface area contributed by atoms with E-state index in [-0.39, 0.29) is 0 Å². The highest BCUT2D eigenvalue weighted by Crippen LogP contribution is 2.12. The molecular weight excluding hydrogens is 228 g/mol. The highest BCUT2D eigenvalue weighted by molar-refractivity contribution is 6.44. The van der Waals surface area contributed by atoms with Crippen molar-refractivity contribution in [1.82, 2.24) is 0 Å². The molecular formula is C14H31O2Si. The monoisotopic (exact) mass is 259 g/mol. The van der Waals surface area contributed by atoms with Crippen LogP contribution in [0.4, 0.5) is 0 Å². The van der Waals surface area contributed by atoms with Gasteiger partial charge in [-0.25, -0.2) is 0 Å². The summed E-state index contributed by atoms with van der Waals surface area (Å²) in [5.41, 5.74) is 0. The van der Waals surface area contributed by atoms with E-state index in [0.717, 1.165) is 6.04 Å². The molecule has 0 aromatic rings. The van der Waals surface area contributed by atoms with E-state index in [0.29, 0.717) is 0 Å². The summed E-state index contributed by atoms with van der Waals surface area (Å²) in [6.07, 6.45) is 13.9. The maximum Gasteiger partial charge on any atom is 0.384 e. The molecule has 0 N–H and O–H groups in total. The number of unbranched alkanes of at least 4 members (excludes halogenated alkanes) is 9. The quantitative estimate of drug-likeness (QED) is 0.353. The lowest BCUT2D eigenvalue weighted by molar-refractivity contribution is 0.276. The van der Waals surface area contributed by atoms with Crippen molar-refractivity contribution in [3.05, 3.63) is 0 Å². The first-order valence-electron chi connectivity index (χ1n) is 7.29. The zero-order valence-corrected chi connectivity index (χ0v) is 13.1. The zero-order chi connectivity index (χ0) is 12.8. The Hall–Kier alpha value is 0.137. The fraction of sp³-hybridized carbons (Fsp3) is 1.00. The Morgan fingerprint density at radius 2 is 1.06 bits per heavy atom. The Labute approximate surface area is 110 Å². The van der Waals surface area contributed by atoms with Gasteiger partial charge >= 0.3 is 9.28 Å².